The van der Waals surface area contributed by atoms with E-state index in [-0.39, 0.29) is 12.1 Å². The van der Waals surface area contributed by atoms with E-state index in [1.165, 1.54) is 18.6 Å². The van der Waals surface area contributed by atoms with Crippen LogP contribution in [-0.4, -0.2) is 34.7 Å². The number of carbonyl (C=O) groups is 2. The lowest BCUT2D eigenvalue weighted by molar-refractivity contribution is -0.146. The Morgan fingerprint density at radius 1 is 1.57 bits per heavy atom. The van der Waals surface area contributed by atoms with Crippen LogP contribution in [0.4, 0.5) is 0 Å². The van der Waals surface area contributed by atoms with Crippen molar-refractivity contribution < 1.29 is 24.2 Å². The van der Waals surface area contributed by atoms with Gasteiger partial charge in [0.05, 0.1) is 18.4 Å². The van der Waals surface area contributed by atoms with Gasteiger partial charge < -0.3 is 19.9 Å². The summed E-state index contributed by atoms with van der Waals surface area (Å²) in [6, 6.07) is 1.43. The molecular weight excluding hydrogens is 190 g/mol. The highest BCUT2D eigenvalue weighted by Crippen LogP contribution is 1.98. The van der Waals surface area contributed by atoms with Crippen LogP contribution in [0.25, 0.3) is 0 Å². The first kappa shape index (κ1) is 10.3. The van der Waals surface area contributed by atoms with Gasteiger partial charge in [0, 0.05) is 0 Å². The van der Waals surface area contributed by atoms with E-state index < -0.39 is 18.0 Å². The minimum absolute atomic E-state index is 0.280. The van der Waals surface area contributed by atoms with Crippen molar-refractivity contribution in [3.63, 3.8) is 0 Å². The van der Waals surface area contributed by atoms with Crippen LogP contribution >= 0.6 is 0 Å². The van der Waals surface area contributed by atoms with Crippen LogP contribution in [0.1, 0.15) is 10.4 Å². The smallest absolute Gasteiger partial charge is 0.334 e. The third-order valence-corrected chi connectivity index (χ3v) is 1.52. The molecule has 0 aliphatic heterocycles. The van der Waals surface area contributed by atoms with Gasteiger partial charge in [0.25, 0.3) is 5.91 Å². The molecule has 1 heterocycles. The molecule has 0 saturated carbocycles. The van der Waals surface area contributed by atoms with Crippen molar-refractivity contribution in [1.82, 2.24) is 5.32 Å². The summed E-state index contributed by atoms with van der Waals surface area (Å²) in [5, 5.41) is 19.4. The first-order valence-electron chi connectivity index (χ1n) is 3.82. The van der Waals surface area contributed by atoms with Crippen LogP contribution in [0.5, 0.6) is 0 Å². The first-order valence-corrected chi connectivity index (χ1v) is 3.82. The molecule has 76 valence electrons. The molecule has 14 heavy (non-hydrogen) atoms. The third kappa shape index (κ3) is 2.60. The molecule has 0 spiro atoms. The minimum Gasteiger partial charge on any atom is -0.479 e. The van der Waals surface area contributed by atoms with Crippen molar-refractivity contribution >= 4 is 11.9 Å². The monoisotopic (exact) mass is 199 g/mol. The lowest BCUT2D eigenvalue weighted by Gasteiger charge is -2.05. The number of amides is 1. The predicted octanol–water partition coefficient (Wildman–Crippen LogP) is -0.545. The standard InChI is InChI=1S/C8H9NO5/c10-6(8(12)13)3-9-7(11)5-1-2-14-4-5/h1-2,4,6,10H,3H2,(H,9,11)(H,12,13). The molecule has 1 rings (SSSR count). The Kier molecular flexibility index (Phi) is 3.24. The summed E-state index contributed by atoms with van der Waals surface area (Å²) in [4.78, 5) is 21.3. The molecule has 6 nitrogen and oxygen atoms in total. The molecule has 1 atom stereocenters. The van der Waals surface area contributed by atoms with Crippen LogP contribution in [0, 0.1) is 0 Å². The number of furan rings is 1. The highest BCUT2D eigenvalue weighted by Gasteiger charge is 2.14. The zero-order valence-corrected chi connectivity index (χ0v) is 7.14. The lowest BCUT2D eigenvalue weighted by atomic mass is 10.3. The number of nitrogens with one attached hydrogen (secondary N) is 1. The van der Waals surface area contributed by atoms with Gasteiger partial charge in [-0.05, 0) is 6.07 Å². The number of hydrogen-bond acceptors (Lipinski definition) is 4. The SMILES string of the molecule is O=C(NCC(O)C(=O)O)c1ccoc1. The Morgan fingerprint density at radius 3 is 2.79 bits per heavy atom. The van der Waals surface area contributed by atoms with E-state index in [9.17, 15) is 9.59 Å². The minimum atomic E-state index is -1.59. The number of carbonyl (C=O) groups excluding carboxylic acids is 1. The molecule has 0 saturated heterocycles. The second-order valence-electron chi connectivity index (χ2n) is 2.58. The van der Waals surface area contributed by atoms with Gasteiger partial charge in [0.15, 0.2) is 6.10 Å². The normalized spacial score (nSPS) is 12.1. The van der Waals surface area contributed by atoms with E-state index in [4.69, 9.17) is 10.2 Å². The van der Waals surface area contributed by atoms with Crippen LogP contribution in [0.2, 0.25) is 0 Å². The van der Waals surface area contributed by atoms with Crippen LogP contribution in [-0.2, 0) is 4.79 Å². The summed E-state index contributed by atoms with van der Waals surface area (Å²) < 4.78 is 4.65. The summed E-state index contributed by atoms with van der Waals surface area (Å²) in [6.45, 7) is -0.334. The molecular formula is C8H9NO5. The fraction of sp³-hybridized carbons (Fsp3) is 0.250. The van der Waals surface area contributed by atoms with Crippen molar-refractivity contribution in [2.24, 2.45) is 0 Å². The van der Waals surface area contributed by atoms with E-state index in [0.717, 1.165) is 0 Å². The zero-order chi connectivity index (χ0) is 10.6. The fourth-order valence-electron chi connectivity index (χ4n) is 0.772. The van der Waals surface area contributed by atoms with Crippen molar-refractivity contribution in [2.75, 3.05) is 6.54 Å². The van der Waals surface area contributed by atoms with E-state index in [1.807, 2.05) is 0 Å². The predicted molar refractivity (Wildman–Crippen MR) is 44.7 cm³/mol. The van der Waals surface area contributed by atoms with Gasteiger partial charge in [-0.3, -0.25) is 4.79 Å². The number of carboxylic acid groups (broad SMARTS) is 1. The van der Waals surface area contributed by atoms with E-state index in [1.54, 1.807) is 0 Å². The average Bonchev–Trinajstić information content (AvgIpc) is 2.66. The van der Waals surface area contributed by atoms with E-state index >= 15 is 0 Å². The molecule has 1 aromatic rings. The van der Waals surface area contributed by atoms with Gasteiger partial charge in [0.2, 0.25) is 0 Å². The molecule has 0 aliphatic carbocycles. The Balaban J connectivity index is 2.40. The number of carboxylic acids is 1. The largest absolute Gasteiger partial charge is 0.479 e. The quantitative estimate of drug-likeness (QED) is 0.604. The Bertz CT molecular complexity index is 318. The van der Waals surface area contributed by atoms with Crippen LogP contribution < -0.4 is 5.32 Å². The molecule has 1 unspecified atom stereocenters. The maximum Gasteiger partial charge on any atom is 0.334 e. The summed E-state index contributed by atoms with van der Waals surface area (Å²) in [7, 11) is 0. The van der Waals surface area contributed by atoms with Crippen LogP contribution in [0.15, 0.2) is 23.0 Å². The summed E-state index contributed by atoms with van der Waals surface area (Å²) in [5.74, 6) is -1.86. The fourth-order valence-corrected chi connectivity index (χ4v) is 0.772. The van der Waals surface area contributed by atoms with Gasteiger partial charge in [-0.1, -0.05) is 0 Å². The maximum absolute atomic E-state index is 11.2. The Hall–Kier alpha value is -1.82. The van der Waals surface area contributed by atoms with Gasteiger partial charge >= 0.3 is 5.97 Å². The number of rotatable bonds is 4. The summed E-state index contributed by atoms with van der Waals surface area (Å²) in [5.41, 5.74) is 0.280. The number of aliphatic hydroxyl groups is 1. The second kappa shape index (κ2) is 4.43. The summed E-state index contributed by atoms with van der Waals surface area (Å²) >= 11 is 0. The van der Waals surface area contributed by atoms with Crippen LogP contribution in [0.3, 0.4) is 0 Å². The van der Waals surface area contributed by atoms with Gasteiger partial charge in [-0.25, -0.2) is 4.79 Å². The lowest BCUT2D eigenvalue weighted by Crippen LogP contribution is -2.36. The maximum atomic E-state index is 11.2. The number of hydrogen-bond donors (Lipinski definition) is 3. The molecule has 0 fully saturated rings. The van der Waals surface area contributed by atoms with E-state index in [0.29, 0.717) is 0 Å². The van der Waals surface area contributed by atoms with Gasteiger partial charge in [-0.15, -0.1) is 0 Å². The van der Waals surface area contributed by atoms with Gasteiger partial charge in [0.1, 0.15) is 6.26 Å². The molecule has 6 heteroatoms. The summed E-state index contributed by atoms with van der Waals surface area (Å²) in [6.07, 6.45) is 0.955. The molecule has 3 N–H and O–H groups in total. The van der Waals surface area contributed by atoms with Crippen molar-refractivity contribution in [3.8, 4) is 0 Å². The number of aliphatic carboxylic acids is 1. The average molecular weight is 199 g/mol. The molecule has 1 aromatic heterocycles. The number of aliphatic hydroxyl groups excluding tert-OH is 1. The molecule has 0 aromatic carbocycles. The topological polar surface area (TPSA) is 99.8 Å². The molecule has 0 aliphatic rings. The molecule has 0 bridgehead atoms. The van der Waals surface area contributed by atoms with Crippen molar-refractivity contribution in [3.05, 3.63) is 24.2 Å². The Morgan fingerprint density at radius 2 is 2.29 bits per heavy atom. The highest BCUT2D eigenvalue weighted by atomic mass is 16.4. The third-order valence-electron chi connectivity index (χ3n) is 1.52. The second-order valence-corrected chi connectivity index (χ2v) is 2.58. The van der Waals surface area contributed by atoms with E-state index in [2.05, 4.69) is 9.73 Å². The molecule has 0 radical (unpaired) electrons. The van der Waals surface area contributed by atoms with Crippen molar-refractivity contribution in [1.29, 1.82) is 0 Å². The highest BCUT2D eigenvalue weighted by molar-refractivity contribution is 5.94. The Labute approximate surface area is 79.1 Å². The van der Waals surface area contributed by atoms with Crippen molar-refractivity contribution in [2.45, 2.75) is 6.10 Å². The van der Waals surface area contributed by atoms with Gasteiger partial charge in [-0.2, -0.15) is 0 Å². The molecule has 1 amide bonds. The first-order chi connectivity index (χ1) is 6.61. The zero-order valence-electron chi connectivity index (χ0n) is 7.14.